The largest absolute Gasteiger partial charge is 0.573 e. The molecule has 0 bridgehead atoms. The fraction of sp³-hybridized carbons (Fsp3) is 0.500. The van der Waals surface area contributed by atoms with Gasteiger partial charge in [-0.2, -0.15) is 0 Å². The van der Waals surface area contributed by atoms with Gasteiger partial charge in [-0.15, -0.1) is 13.2 Å². The first-order valence-corrected chi connectivity index (χ1v) is 5.70. The van der Waals surface area contributed by atoms with Gasteiger partial charge < -0.3 is 14.8 Å². The Bertz CT molecular complexity index is 467. The van der Waals surface area contributed by atoms with Crippen molar-refractivity contribution in [2.24, 2.45) is 0 Å². The molecule has 18 heavy (non-hydrogen) atoms. The monoisotopic (exact) mass is 259 g/mol. The average Bonchev–Trinajstić information content (AvgIpc) is 2.87. The smallest absolute Gasteiger partial charge is 0.406 e. The van der Waals surface area contributed by atoms with Crippen LogP contribution in [-0.4, -0.2) is 26.1 Å². The maximum absolute atomic E-state index is 12.2. The summed E-state index contributed by atoms with van der Waals surface area (Å²) < 4.78 is 45.9. The fourth-order valence-corrected chi connectivity index (χ4v) is 2.63. The molecular weight excluding hydrogens is 247 g/mol. The molecule has 0 amide bonds. The van der Waals surface area contributed by atoms with Gasteiger partial charge in [0.15, 0.2) is 0 Å². The molecule has 3 rings (SSSR count). The van der Waals surface area contributed by atoms with Crippen LogP contribution in [0, 0.1) is 0 Å². The Labute approximate surface area is 102 Å². The van der Waals surface area contributed by atoms with Crippen molar-refractivity contribution in [1.82, 2.24) is 0 Å². The van der Waals surface area contributed by atoms with Crippen LogP contribution in [0.25, 0.3) is 0 Å². The van der Waals surface area contributed by atoms with Gasteiger partial charge in [-0.3, -0.25) is 0 Å². The molecule has 1 N–H and O–H groups in total. The molecule has 1 aromatic rings. The molecule has 1 spiro atoms. The minimum Gasteiger partial charge on any atom is -0.406 e. The lowest BCUT2D eigenvalue weighted by Gasteiger charge is -2.21. The normalized spacial score (nSPS) is 26.2. The number of benzene rings is 1. The van der Waals surface area contributed by atoms with Crippen molar-refractivity contribution in [2.45, 2.75) is 18.2 Å². The summed E-state index contributed by atoms with van der Waals surface area (Å²) in [4.78, 5) is 0. The van der Waals surface area contributed by atoms with Crippen LogP contribution in [0.4, 0.5) is 18.9 Å². The summed E-state index contributed by atoms with van der Waals surface area (Å²) in [5.74, 6) is -0.170. The van der Waals surface area contributed by atoms with Gasteiger partial charge in [0.2, 0.25) is 0 Å². The van der Waals surface area contributed by atoms with Crippen molar-refractivity contribution >= 4 is 5.69 Å². The Morgan fingerprint density at radius 1 is 1.33 bits per heavy atom. The molecule has 2 aliphatic heterocycles. The van der Waals surface area contributed by atoms with E-state index in [-0.39, 0.29) is 11.2 Å². The van der Waals surface area contributed by atoms with E-state index in [1.54, 1.807) is 6.07 Å². The second kappa shape index (κ2) is 3.78. The molecule has 3 nitrogen and oxygen atoms in total. The summed E-state index contributed by atoms with van der Waals surface area (Å²) in [6.45, 7) is 1.89. The molecule has 0 aromatic heterocycles. The lowest BCUT2D eigenvalue weighted by atomic mass is 9.82. The van der Waals surface area contributed by atoms with Gasteiger partial charge in [-0.1, -0.05) is 0 Å². The van der Waals surface area contributed by atoms with E-state index < -0.39 is 6.36 Å². The molecule has 0 radical (unpaired) electrons. The van der Waals surface area contributed by atoms with Crippen LogP contribution >= 0.6 is 0 Å². The first kappa shape index (κ1) is 11.6. The predicted molar refractivity (Wildman–Crippen MR) is 58.7 cm³/mol. The Kier molecular flexibility index (Phi) is 2.45. The maximum Gasteiger partial charge on any atom is 0.573 e. The number of hydrogen-bond acceptors (Lipinski definition) is 3. The van der Waals surface area contributed by atoms with Gasteiger partial charge in [0.1, 0.15) is 5.75 Å². The van der Waals surface area contributed by atoms with Crippen LogP contribution in [0.1, 0.15) is 12.0 Å². The lowest BCUT2D eigenvalue weighted by molar-refractivity contribution is -0.274. The standard InChI is InChI=1S/C12H12F3NO2/c13-12(14,15)18-8-1-2-10-9(5-8)11(6-16-10)3-4-17-7-11/h1-2,5,16H,3-4,6-7H2. The second-order valence-corrected chi connectivity index (χ2v) is 4.69. The first-order chi connectivity index (χ1) is 8.49. The molecule has 0 saturated carbocycles. The second-order valence-electron chi connectivity index (χ2n) is 4.69. The molecule has 2 aliphatic rings. The Balaban J connectivity index is 1.94. The zero-order chi connectivity index (χ0) is 12.8. The van der Waals surface area contributed by atoms with E-state index in [4.69, 9.17) is 4.74 Å². The number of hydrogen-bond donors (Lipinski definition) is 1. The van der Waals surface area contributed by atoms with Crippen LogP contribution in [0.5, 0.6) is 5.75 Å². The van der Waals surface area contributed by atoms with Crippen molar-refractivity contribution in [3.8, 4) is 5.75 Å². The summed E-state index contributed by atoms with van der Waals surface area (Å²) in [5.41, 5.74) is 1.54. The zero-order valence-corrected chi connectivity index (χ0v) is 9.51. The van der Waals surface area contributed by atoms with Crippen LogP contribution in [0.15, 0.2) is 18.2 Å². The summed E-state index contributed by atoms with van der Waals surface area (Å²) in [7, 11) is 0. The third kappa shape index (κ3) is 1.90. The molecule has 1 fully saturated rings. The zero-order valence-electron chi connectivity index (χ0n) is 9.51. The molecular formula is C12H12F3NO2. The molecule has 0 aliphatic carbocycles. The number of rotatable bonds is 1. The summed E-state index contributed by atoms with van der Waals surface area (Å²) in [6.07, 6.45) is -3.83. The highest BCUT2D eigenvalue weighted by Gasteiger charge is 2.43. The molecule has 1 unspecified atom stereocenters. The first-order valence-electron chi connectivity index (χ1n) is 5.70. The fourth-order valence-electron chi connectivity index (χ4n) is 2.63. The van der Waals surface area contributed by atoms with Gasteiger partial charge in [-0.25, -0.2) is 0 Å². The third-order valence-corrected chi connectivity index (χ3v) is 3.52. The highest BCUT2D eigenvalue weighted by Crippen LogP contribution is 2.44. The third-order valence-electron chi connectivity index (χ3n) is 3.52. The number of nitrogens with one attached hydrogen (secondary N) is 1. The number of fused-ring (bicyclic) bond motifs is 2. The van der Waals surface area contributed by atoms with E-state index in [9.17, 15) is 13.2 Å². The molecule has 1 saturated heterocycles. The number of halogens is 3. The topological polar surface area (TPSA) is 30.5 Å². The van der Waals surface area contributed by atoms with Crippen molar-refractivity contribution in [3.05, 3.63) is 23.8 Å². The van der Waals surface area contributed by atoms with E-state index >= 15 is 0 Å². The SMILES string of the molecule is FC(F)(F)Oc1ccc2c(c1)C1(CCOC1)CN2. The quantitative estimate of drug-likeness (QED) is 0.841. The summed E-state index contributed by atoms with van der Waals surface area (Å²) in [6, 6.07) is 4.43. The van der Waals surface area contributed by atoms with Crippen molar-refractivity contribution in [3.63, 3.8) is 0 Å². The molecule has 2 heterocycles. The molecule has 1 aromatic carbocycles. The van der Waals surface area contributed by atoms with E-state index in [1.165, 1.54) is 12.1 Å². The number of anilines is 1. The van der Waals surface area contributed by atoms with E-state index in [0.717, 1.165) is 17.7 Å². The molecule has 98 valence electrons. The van der Waals surface area contributed by atoms with Gasteiger partial charge in [0, 0.05) is 24.3 Å². The van der Waals surface area contributed by atoms with E-state index in [1.807, 2.05) is 0 Å². The molecule has 1 atom stereocenters. The Hall–Kier alpha value is -1.43. The number of alkyl halides is 3. The highest BCUT2D eigenvalue weighted by molar-refractivity contribution is 5.63. The van der Waals surface area contributed by atoms with Crippen LogP contribution in [0.2, 0.25) is 0 Å². The Morgan fingerprint density at radius 2 is 2.17 bits per heavy atom. The average molecular weight is 259 g/mol. The maximum atomic E-state index is 12.2. The minimum atomic E-state index is -4.65. The van der Waals surface area contributed by atoms with Crippen molar-refractivity contribution in [1.29, 1.82) is 0 Å². The van der Waals surface area contributed by atoms with Gasteiger partial charge in [0.25, 0.3) is 0 Å². The minimum absolute atomic E-state index is 0.170. The predicted octanol–water partition coefficient (Wildman–Crippen LogP) is 2.67. The number of ether oxygens (including phenoxy) is 2. The van der Waals surface area contributed by atoms with Gasteiger partial charge >= 0.3 is 6.36 Å². The lowest BCUT2D eigenvalue weighted by Crippen LogP contribution is -2.28. The van der Waals surface area contributed by atoms with Crippen molar-refractivity contribution < 1.29 is 22.6 Å². The van der Waals surface area contributed by atoms with E-state index in [2.05, 4.69) is 10.1 Å². The van der Waals surface area contributed by atoms with Crippen LogP contribution in [-0.2, 0) is 10.2 Å². The van der Waals surface area contributed by atoms with Crippen LogP contribution in [0.3, 0.4) is 0 Å². The summed E-state index contributed by atoms with van der Waals surface area (Å²) in [5, 5.41) is 3.21. The van der Waals surface area contributed by atoms with E-state index in [0.29, 0.717) is 19.8 Å². The highest BCUT2D eigenvalue weighted by atomic mass is 19.4. The summed E-state index contributed by atoms with van der Waals surface area (Å²) >= 11 is 0. The van der Waals surface area contributed by atoms with Gasteiger partial charge in [0.05, 0.1) is 6.61 Å². The van der Waals surface area contributed by atoms with Crippen molar-refractivity contribution in [2.75, 3.05) is 25.1 Å². The molecule has 6 heteroatoms. The Morgan fingerprint density at radius 3 is 2.83 bits per heavy atom. The van der Waals surface area contributed by atoms with Crippen LogP contribution < -0.4 is 10.1 Å². The van der Waals surface area contributed by atoms with Gasteiger partial charge in [-0.05, 0) is 30.2 Å².